The van der Waals surface area contributed by atoms with Crippen molar-refractivity contribution >= 4 is 17.6 Å². The van der Waals surface area contributed by atoms with E-state index in [4.69, 9.17) is 14.2 Å². The van der Waals surface area contributed by atoms with Crippen molar-refractivity contribution in [3.8, 4) is 23.0 Å². The van der Waals surface area contributed by atoms with Gasteiger partial charge in [0, 0.05) is 43.0 Å². The predicted molar refractivity (Wildman–Crippen MR) is 133 cm³/mol. The number of nitrogens with one attached hydrogen (secondary N) is 1. The number of aryl methyl sites for hydroxylation is 1. The van der Waals surface area contributed by atoms with Crippen LogP contribution in [0.2, 0.25) is 0 Å². The number of benzene rings is 2. The molecule has 10 heteroatoms. The summed E-state index contributed by atoms with van der Waals surface area (Å²) >= 11 is 0. The van der Waals surface area contributed by atoms with Crippen LogP contribution in [0.25, 0.3) is 0 Å². The lowest BCUT2D eigenvalue weighted by atomic mass is 10.1. The minimum atomic E-state index is -0.486. The quantitative estimate of drug-likeness (QED) is 0.490. The number of aliphatic hydroxyl groups is 1. The standard InChI is InChI=1S/C26H30N4O6/c1-6-30-17(4)35-24-16(3)22(8-7-21(24)26(30)33)36-20-12-18(11-19(13-20)34-15(2)14-31)25(32)27-23-9-10-29(5)28-23/h7-13,15,17,31H,6,14H2,1-5H3,(H,27,28,32)/t15-,17?/m0/s1. The third-order valence-electron chi connectivity index (χ3n) is 5.84. The number of carbonyl (C=O) groups excluding carboxylic acids is 2. The van der Waals surface area contributed by atoms with Crippen molar-refractivity contribution in [3.63, 3.8) is 0 Å². The van der Waals surface area contributed by atoms with Gasteiger partial charge >= 0.3 is 0 Å². The summed E-state index contributed by atoms with van der Waals surface area (Å²) in [6.07, 6.45) is 0.834. The summed E-state index contributed by atoms with van der Waals surface area (Å²) in [4.78, 5) is 27.4. The first-order valence-electron chi connectivity index (χ1n) is 11.7. The van der Waals surface area contributed by atoms with Crippen molar-refractivity contribution < 1.29 is 28.9 Å². The van der Waals surface area contributed by atoms with E-state index in [-0.39, 0.29) is 18.1 Å². The van der Waals surface area contributed by atoms with Gasteiger partial charge in [-0.3, -0.25) is 14.3 Å². The molecule has 1 unspecified atom stereocenters. The molecule has 2 aromatic carbocycles. The third-order valence-corrected chi connectivity index (χ3v) is 5.84. The fraction of sp³-hybridized carbons (Fsp3) is 0.346. The Morgan fingerprint density at radius 1 is 1.25 bits per heavy atom. The number of rotatable bonds is 8. The van der Waals surface area contributed by atoms with Crippen LogP contribution in [0.3, 0.4) is 0 Å². The minimum Gasteiger partial charge on any atom is -0.488 e. The number of ether oxygens (including phenoxy) is 3. The molecule has 1 aromatic heterocycles. The highest BCUT2D eigenvalue weighted by atomic mass is 16.5. The summed E-state index contributed by atoms with van der Waals surface area (Å²) in [5.41, 5.74) is 1.43. The molecule has 0 spiro atoms. The number of hydrogen-bond donors (Lipinski definition) is 2. The number of fused-ring (bicyclic) bond motifs is 1. The maximum absolute atomic E-state index is 12.9. The SMILES string of the molecule is CCN1C(=O)c2ccc(Oc3cc(O[C@@H](C)CO)cc(C(=O)Nc4ccn(C)n4)c3)c(C)c2OC1C. The summed E-state index contributed by atoms with van der Waals surface area (Å²) in [6.45, 7) is 7.61. The van der Waals surface area contributed by atoms with E-state index in [0.29, 0.717) is 46.5 Å². The second-order valence-corrected chi connectivity index (χ2v) is 8.61. The number of anilines is 1. The zero-order valence-electron chi connectivity index (χ0n) is 20.9. The Kier molecular flexibility index (Phi) is 7.16. The molecule has 190 valence electrons. The first kappa shape index (κ1) is 25.1. The maximum atomic E-state index is 12.9. The summed E-state index contributed by atoms with van der Waals surface area (Å²) in [6, 6.07) is 9.85. The van der Waals surface area contributed by atoms with Crippen molar-refractivity contribution in [2.45, 2.75) is 40.0 Å². The molecule has 10 nitrogen and oxygen atoms in total. The first-order chi connectivity index (χ1) is 17.2. The van der Waals surface area contributed by atoms with Gasteiger partial charge in [-0.05, 0) is 52.0 Å². The molecule has 36 heavy (non-hydrogen) atoms. The van der Waals surface area contributed by atoms with Gasteiger partial charge in [0.15, 0.2) is 12.0 Å². The number of aliphatic hydroxyl groups excluding tert-OH is 1. The molecule has 2 atom stereocenters. The smallest absolute Gasteiger partial charge is 0.260 e. The predicted octanol–water partition coefficient (Wildman–Crippen LogP) is 3.73. The zero-order chi connectivity index (χ0) is 26.0. The van der Waals surface area contributed by atoms with Crippen LogP contribution in [0.5, 0.6) is 23.0 Å². The molecule has 4 rings (SSSR count). The summed E-state index contributed by atoms with van der Waals surface area (Å²) in [5.74, 6) is 1.56. The van der Waals surface area contributed by atoms with Crippen LogP contribution in [0, 0.1) is 6.92 Å². The second kappa shape index (κ2) is 10.3. The monoisotopic (exact) mass is 494 g/mol. The van der Waals surface area contributed by atoms with E-state index in [9.17, 15) is 14.7 Å². The number of aromatic nitrogens is 2. The Morgan fingerprint density at radius 3 is 2.67 bits per heavy atom. The van der Waals surface area contributed by atoms with Crippen molar-refractivity contribution in [1.82, 2.24) is 14.7 Å². The molecular weight excluding hydrogens is 464 g/mol. The van der Waals surface area contributed by atoms with Crippen LogP contribution in [-0.4, -0.2) is 57.1 Å². The highest BCUT2D eigenvalue weighted by Gasteiger charge is 2.32. The van der Waals surface area contributed by atoms with Crippen LogP contribution < -0.4 is 19.5 Å². The Hall–Kier alpha value is -4.05. The van der Waals surface area contributed by atoms with Crippen molar-refractivity contribution in [2.75, 3.05) is 18.5 Å². The van der Waals surface area contributed by atoms with Crippen molar-refractivity contribution in [2.24, 2.45) is 7.05 Å². The lowest BCUT2D eigenvalue weighted by Crippen LogP contribution is -2.45. The lowest BCUT2D eigenvalue weighted by molar-refractivity contribution is 0.0201. The highest BCUT2D eigenvalue weighted by Crippen LogP contribution is 2.39. The van der Waals surface area contributed by atoms with E-state index in [2.05, 4.69) is 10.4 Å². The van der Waals surface area contributed by atoms with E-state index in [1.807, 2.05) is 20.8 Å². The first-order valence-corrected chi connectivity index (χ1v) is 11.7. The van der Waals surface area contributed by atoms with E-state index in [1.165, 1.54) is 0 Å². The van der Waals surface area contributed by atoms with Gasteiger partial charge in [0.1, 0.15) is 29.1 Å². The molecule has 0 aliphatic carbocycles. The topological polar surface area (TPSA) is 115 Å². The Morgan fingerprint density at radius 2 is 2.00 bits per heavy atom. The molecule has 0 fully saturated rings. The van der Waals surface area contributed by atoms with E-state index >= 15 is 0 Å². The van der Waals surface area contributed by atoms with Gasteiger partial charge in [0.25, 0.3) is 11.8 Å². The van der Waals surface area contributed by atoms with Gasteiger partial charge in [-0.2, -0.15) is 5.10 Å². The highest BCUT2D eigenvalue weighted by molar-refractivity contribution is 6.04. The van der Waals surface area contributed by atoms with Crippen LogP contribution >= 0.6 is 0 Å². The maximum Gasteiger partial charge on any atom is 0.260 e. The van der Waals surface area contributed by atoms with Gasteiger partial charge in [0.05, 0.1) is 12.2 Å². The molecule has 2 N–H and O–H groups in total. The molecule has 0 saturated heterocycles. The molecule has 1 aliphatic heterocycles. The van der Waals surface area contributed by atoms with Crippen LogP contribution in [0.4, 0.5) is 5.82 Å². The van der Waals surface area contributed by atoms with Crippen LogP contribution in [-0.2, 0) is 7.05 Å². The van der Waals surface area contributed by atoms with E-state index in [1.54, 1.807) is 66.1 Å². The second-order valence-electron chi connectivity index (χ2n) is 8.61. The molecule has 1 aliphatic rings. The van der Waals surface area contributed by atoms with Gasteiger partial charge in [-0.25, -0.2) is 0 Å². The van der Waals surface area contributed by atoms with Crippen LogP contribution in [0.15, 0.2) is 42.6 Å². The summed E-state index contributed by atoms with van der Waals surface area (Å²) < 4.78 is 19.5. The normalized spacial score (nSPS) is 15.7. The van der Waals surface area contributed by atoms with Gasteiger partial charge in [-0.1, -0.05) is 0 Å². The molecule has 2 amide bonds. The Bertz CT molecular complexity index is 1290. The minimum absolute atomic E-state index is 0.0947. The molecule has 0 radical (unpaired) electrons. The largest absolute Gasteiger partial charge is 0.488 e. The van der Waals surface area contributed by atoms with Gasteiger partial charge in [-0.15, -0.1) is 0 Å². The molecular formula is C26H30N4O6. The molecule has 0 bridgehead atoms. The average Bonchev–Trinajstić information content (AvgIpc) is 3.25. The lowest BCUT2D eigenvalue weighted by Gasteiger charge is -2.35. The number of hydrogen-bond acceptors (Lipinski definition) is 7. The number of carbonyl (C=O) groups is 2. The number of amides is 2. The average molecular weight is 495 g/mol. The molecule has 3 aromatic rings. The number of nitrogens with zero attached hydrogens (tertiary/aromatic N) is 3. The Labute approximate surface area is 209 Å². The van der Waals surface area contributed by atoms with Crippen molar-refractivity contribution in [3.05, 3.63) is 59.3 Å². The summed E-state index contributed by atoms with van der Waals surface area (Å²) in [5, 5.41) is 16.3. The van der Waals surface area contributed by atoms with Gasteiger partial charge in [0.2, 0.25) is 0 Å². The fourth-order valence-corrected chi connectivity index (χ4v) is 3.96. The van der Waals surface area contributed by atoms with E-state index < -0.39 is 18.2 Å². The van der Waals surface area contributed by atoms with E-state index in [0.717, 1.165) is 0 Å². The van der Waals surface area contributed by atoms with Crippen molar-refractivity contribution in [1.29, 1.82) is 0 Å². The zero-order valence-corrected chi connectivity index (χ0v) is 20.9. The van der Waals surface area contributed by atoms with Gasteiger partial charge < -0.3 is 29.5 Å². The molecule has 0 saturated carbocycles. The molecule has 2 heterocycles. The van der Waals surface area contributed by atoms with Crippen LogP contribution in [0.1, 0.15) is 47.1 Å². The third kappa shape index (κ3) is 5.13. The fourth-order valence-electron chi connectivity index (χ4n) is 3.96. The Balaban J connectivity index is 1.66. The summed E-state index contributed by atoms with van der Waals surface area (Å²) in [7, 11) is 1.76.